The number of benzene rings is 2. The van der Waals surface area contributed by atoms with E-state index in [2.05, 4.69) is 30.5 Å². The van der Waals surface area contributed by atoms with E-state index in [1.165, 1.54) is 6.07 Å². The van der Waals surface area contributed by atoms with Crippen molar-refractivity contribution < 1.29 is 18.0 Å². The second-order valence-electron chi connectivity index (χ2n) is 9.67. The van der Waals surface area contributed by atoms with Gasteiger partial charge in [-0.1, -0.05) is 6.07 Å². The lowest BCUT2D eigenvalue weighted by atomic mass is 10.1. The van der Waals surface area contributed by atoms with Crippen molar-refractivity contribution >= 4 is 28.9 Å². The van der Waals surface area contributed by atoms with E-state index in [-0.39, 0.29) is 5.56 Å². The number of carbonyl (C=O) groups is 1. The maximum Gasteiger partial charge on any atom is 0.416 e. The first-order valence-electron chi connectivity index (χ1n) is 12.7. The van der Waals surface area contributed by atoms with Crippen LogP contribution in [0.5, 0.6) is 0 Å². The largest absolute Gasteiger partial charge is 0.416 e. The lowest BCUT2D eigenvalue weighted by Crippen LogP contribution is -2.44. The number of aryl methyl sites for hydroxylation is 1. The van der Waals surface area contributed by atoms with Crippen molar-refractivity contribution in [1.29, 1.82) is 0 Å². The van der Waals surface area contributed by atoms with Crippen LogP contribution in [0.1, 0.15) is 21.5 Å². The van der Waals surface area contributed by atoms with E-state index in [0.29, 0.717) is 41.8 Å². The molecule has 0 spiro atoms. The molecule has 0 bridgehead atoms. The molecule has 0 radical (unpaired) electrons. The Bertz CT molecular complexity index is 1500. The minimum atomic E-state index is -4.58. The van der Waals surface area contributed by atoms with Gasteiger partial charge in [0.05, 0.1) is 11.3 Å². The fraction of sp³-hybridized carbons (Fsp3) is 0.241. The van der Waals surface area contributed by atoms with Crippen molar-refractivity contribution in [3.8, 4) is 11.3 Å². The summed E-state index contributed by atoms with van der Waals surface area (Å²) in [5.74, 6) is -0.284. The first kappa shape index (κ1) is 27.1. The van der Waals surface area contributed by atoms with E-state index in [9.17, 15) is 18.0 Å². The predicted octanol–water partition coefficient (Wildman–Crippen LogP) is 5.61. The monoisotopic (exact) mass is 547 g/mol. The summed E-state index contributed by atoms with van der Waals surface area (Å²) in [6.45, 7) is 4.50. The van der Waals surface area contributed by atoms with Crippen LogP contribution in [0.4, 0.5) is 36.2 Å². The van der Waals surface area contributed by atoms with Crippen LogP contribution < -0.4 is 15.5 Å². The molecule has 0 unspecified atom stereocenters. The first-order valence-corrected chi connectivity index (χ1v) is 12.7. The summed E-state index contributed by atoms with van der Waals surface area (Å²) >= 11 is 0. The second-order valence-corrected chi connectivity index (χ2v) is 9.67. The number of pyridine rings is 1. The minimum absolute atomic E-state index is 0.0636. The first-order chi connectivity index (χ1) is 19.2. The van der Waals surface area contributed by atoms with Gasteiger partial charge in [0.1, 0.15) is 0 Å². The Balaban J connectivity index is 1.37. The summed E-state index contributed by atoms with van der Waals surface area (Å²) in [6.07, 6.45) is 0.434. The topological polar surface area (TPSA) is 86.3 Å². The quantitative estimate of drug-likeness (QED) is 0.324. The number of likely N-dealkylation sites (N-methyl/N-ethyl adjacent to an activating group) is 1. The number of alkyl halides is 3. The number of nitrogens with one attached hydrogen (secondary N) is 2. The van der Waals surface area contributed by atoms with Crippen LogP contribution in [0.2, 0.25) is 0 Å². The van der Waals surface area contributed by atoms with Gasteiger partial charge in [0.15, 0.2) is 0 Å². The van der Waals surface area contributed by atoms with Gasteiger partial charge in [-0.15, -0.1) is 0 Å². The van der Waals surface area contributed by atoms with Crippen molar-refractivity contribution in [2.75, 3.05) is 48.8 Å². The third-order valence-electron chi connectivity index (χ3n) is 6.73. The number of hydrogen-bond donors (Lipinski definition) is 2. The van der Waals surface area contributed by atoms with E-state index < -0.39 is 17.6 Å². The number of piperazine rings is 1. The van der Waals surface area contributed by atoms with Gasteiger partial charge < -0.3 is 20.4 Å². The second kappa shape index (κ2) is 11.3. The Morgan fingerprint density at radius 3 is 2.50 bits per heavy atom. The van der Waals surface area contributed by atoms with Gasteiger partial charge >= 0.3 is 6.18 Å². The van der Waals surface area contributed by atoms with Crippen LogP contribution >= 0.6 is 0 Å². The van der Waals surface area contributed by atoms with Gasteiger partial charge in [-0.2, -0.15) is 13.2 Å². The highest BCUT2D eigenvalue weighted by Crippen LogP contribution is 2.34. The highest BCUT2D eigenvalue weighted by atomic mass is 19.4. The molecule has 0 saturated carbocycles. The van der Waals surface area contributed by atoms with E-state index in [4.69, 9.17) is 0 Å². The summed E-state index contributed by atoms with van der Waals surface area (Å²) in [6, 6.07) is 14.2. The van der Waals surface area contributed by atoms with Crippen LogP contribution in [0.15, 0.2) is 73.2 Å². The molecule has 2 N–H and O–H groups in total. The molecule has 40 heavy (non-hydrogen) atoms. The number of aromatic nitrogens is 3. The number of rotatable bonds is 6. The van der Waals surface area contributed by atoms with Crippen molar-refractivity contribution in [3.05, 3.63) is 89.9 Å². The number of amides is 1. The fourth-order valence-electron chi connectivity index (χ4n) is 4.41. The lowest BCUT2D eigenvalue weighted by Gasteiger charge is -2.34. The highest BCUT2D eigenvalue weighted by molar-refractivity contribution is 6.05. The third kappa shape index (κ3) is 6.37. The van der Waals surface area contributed by atoms with Crippen LogP contribution in [0.3, 0.4) is 0 Å². The smallest absolute Gasteiger partial charge is 0.369 e. The molecular weight excluding hydrogens is 519 g/mol. The molecule has 0 atom stereocenters. The van der Waals surface area contributed by atoms with Crippen LogP contribution in [0, 0.1) is 6.92 Å². The number of anilines is 4. The van der Waals surface area contributed by atoms with Gasteiger partial charge in [0.2, 0.25) is 5.95 Å². The molecule has 0 aliphatic carbocycles. The Hall–Kier alpha value is -4.51. The van der Waals surface area contributed by atoms with Crippen molar-refractivity contribution in [3.63, 3.8) is 0 Å². The Morgan fingerprint density at radius 1 is 0.975 bits per heavy atom. The van der Waals surface area contributed by atoms with Gasteiger partial charge in [0.25, 0.3) is 5.91 Å². The molecule has 4 aromatic rings. The van der Waals surface area contributed by atoms with Crippen LogP contribution in [-0.4, -0.2) is 59.0 Å². The third-order valence-corrected chi connectivity index (χ3v) is 6.73. The molecule has 11 heteroatoms. The Morgan fingerprint density at radius 2 is 1.77 bits per heavy atom. The normalized spacial score (nSPS) is 14.2. The molecule has 3 heterocycles. The van der Waals surface area contributed by atoms with Crippen molar-refractivity contribution in [1.82, 2.24) is 19.9 Å². The standard InChI is InChI=1S/C29H28F3N7O/c1-19-5-6-23(17-26(19)37-28-34-9-7-25(36-28)20-4-3-8-33-18-20)35-27(40)21-14-22(29(30,31)32)16-24(15-21)39-12-10-38(2)11-13-39/h3-9,14-18H,10-13H2,1-2H3,(H,35,40)(H,34,36,37). The van der Waals surface area contributed by atoms with Gasteiger partial charge in [0, 0.05) is 73.0 Å². The zero-order valence-corrected chi connectivity index (χ0v) is 22.0. The molecule has 1 aliphatic rings. The van der Waals surface area contributed by atoms with E-state index >= 15 is 0 Å². The summed E-state index contributed by atoms with van der Waals surface area (Å²) in [7, 11) is 1.97. The SMILES string of the molecule is Cc1ccc(NC(=O)c2cc(N3CCN(C)CC3)cc(C(F)(F)F)c2)cc1Nc1nccc(-c2cccnc2)n1. The van der Waals surface area contributed by atoms with E-state index in [1.54, 1.807) is 42.9 Å². The summed E-state index contributed by atoms with van der Waals surface area (Å²) in [5.41, 5.74) is 2.91. The molecule has 1 aliphatic heterocycles. The molecule has 8 nitrogen and oxygen atoms in total. The van der Waals surface area contributed by atoms with Gasteiger partial charge in [-0.3, -0.25) is 9.78 Å². The van der Waals surface area contributed by atoms with Gasteiger partial charge in [-0.05, 0) is 68.1 Å². The van der Waals surface area contributed by atoms with Crippen LogP contribution in [-0.2, 0) is 6.18 Å². The average molecular weight is 548 g/mol. The Kier molecular flexibility index (Phi) is 7.65. The molecular formula is C29H28F3N7O. The maximum atomic E-state index is 13.7. The highest BCUT2D eigenvalue weighted by Gasteiger charge is 2.32. The predicted molar refractivity (Wildman–Crippen MR) is 149 cm³/mol. The van der Waals surface area contributed by atoms with Crippen molar-refractivity contribution in [2.45, 2.75) is 13.1 Å². The number of hydrogen-bond acceptors (Lipinski definition) is 7. The molecule has 2 aromatic carbocycles. The maximum absolute atomic E-state index is 13.7. The van der Waals surface area contributed by atoms with Crippen molar-refractivity contribution in [2.24, 2.45) is 0 Å². The Labute approximate surface area is 229 Å². The average Bonchev–Trinajstić information content (AvgIpc) is 2.95. The zero-order valence-electron chi connectivity index (χ0n) is 22.0. The number of nitrogens with zero attached hydrogens (tertiary/aromatic N) is 5. The van der Waals surface area contributed by atoms with E-state index in [1.807, 2.05) is 31.0 Å². The molecule has 1 fully saturated rings. The minimum Gasteiger partial charge on any atom is -0.369 e. The molecule has 1 saturated heterocycles. The molecule has 5 rings (SSSR count). The summed E-state index contributed by atoms with van der Waals surface area (Å²) in [5, 5.41) is 5.91. The van der Waals surface area contributed by atoms with Crippen LogP contribution in [0.25, 0.3) is 11.3 Å². The fourth-order valence-corrected chi connectivity index (χ4v) is 4.41. The van der Waals surface area contributed by atoms with Gasteiger partial charge in [-0.25, -0.2) is 9.97 Å². The lowest BCUT2D eigenvalue weighted by molar-refractivity contribution is -0.137. The summed E-state index contributed by atoms with van der Waals surface area (Å²) < 4.78 is 41.2. The number of halogens is 3. The number of carbonyl (C=O) groups excluding carboxylic acids is 1. The zero-order chi connectivity index (χ0) is 28.3. The summed E-state index contributed by atoms with van der Waals surface area (Å²) in [4.78, 5) is 30.1. The molecule has 206 valence electrons. The molecule has 1 amide bonds. The molecule has 2 aromatic heterocycles. The van der Waals surface area contributed by atoms with E-state index in [0.717, 1.165) is 36.3 Å².